The zero-order valence-electron chi connectivity index (χ0n) is 11.4. The van der Waals surface area contributed by atoms with Crippen molar-refractivity contribution in [2.45, 2.75) is 12.2 Å². The first-order chi connectivity index (χ1) is 10.4. The van der Waals surface area contributed by atoms with Crippen molar-refractivity contribution in [2.24, 2.45) is 11.8 Å². The highest BCUT2D eigenvalue weighted by atomic mass is 16.5. The van der Waals surface area contributed by atoms with E-state index in [1.165, 1.54) is 16.7 Å². The van der Waals surface area contributed by atoms with Gasteiger partial charge in [0.2, 0.25) is 0 Å². The summed E-state index contributed by atoms with van der Waals surface area (Å²) in [5.74, 6) is 0.588. The Morgan fingerprint density at radius 2 is 1.43 bits per heavy atom. The van der Waals surface area contributed by atoms with E-state index in [1.807, 2.05) is 18.2 Å². The van der Waals surface area contributed by atoms with Crippen LogP contribution in [0.15, 0.2) is 60.2 Å². The predicted molar refractivity (Wildman–Crippen MR) is 79.4 cm³/mol. The van der Waals surface area contributed by atoms with Crippen molar-refractivity contribution >= 4 is 11.9 Å². The fourth-order valence-corrected chi connectivity index (χ4v) is 4.35. The van der Waals surface area contributed by atoms with Crippen LogP contribution in [-0.4, -0.2) is 6.29 Å². The molecule has 2 aromatic carbocycles. The molecule has 3 aliphatic rings. The number of rotatable bonds is 2. The van der Waals surface area contributed by atoms with Gasteiger partial charge in [0.1, 0.15) is 6.29 Å². The standard InChI is InChI=1S/C19H14O2/c20-10-14-15(11-6-2-1-3-7-11)17-16(14)18-12-8-4-5-9-13(12)19(17)21-18/h1-10,16-19H/t16-,17+,18+,19-/m1/s1. The van der Waals surface area contributed by atoms with Crippen LogP contribution in [0.4, 0.5) is 0 Å². The van der Waals surface area contributed by atoms with Crippen LogP contribution >= 0.6 is 0 Å². The molecule has 102 valence electrons. The molecule has 0 amide bonds. The molecule has 0 radical (unpaired) electrons. The normalized spacial score (nSPS) is 31.6. The molecule has 21 heavy (non-hydrogen) atoms. The van der Waals surface area contributed by atoms with Gasteiger partial charge in [-0.15, -0.1) is 0 Å². The van der Waals surface area contributed by atoms with Crippen molar-refractivity contribution in [3.63, 3.8) is 0 Å². The van der Waals surface area contributed by atoms with Crippen LogP contribution in [0.3, 0.4) is 0 Å². The fraction of sp³-hybridized carbons (Fsp3) is 0.211. The number of benzene rings is 2. The van der Waals surface area contributed by atoms with Crippen LogP contribution in [-0.2, 0) is 9.53 Å². The minimum absolute atomic E-state index is 0.0730. The van der Waals surface area contributed by atoms with Crippen LogP contribution in [0.2, 0.25) is 0 Å². The molecule has 2 heterocycles. The number of aldehydes is 1. The second kappa shape index (κ2) is 3.92. The van der Waals surface area contributed by atoms with Crippen molar-refractivity contribution < 1.29 is 9.53 Å². The number of carbonyl (C=O) groups excluding carboxylic acids is 1. The van der Waals surface area contributed by atoms with E-state index >= 15 is 0 Å². The molecule has 2 bridgehead atoms. The van der Waals surface area contributed by atoms with E-state index in [9.17, 15) is 4.79 Å². The van der Waals surface area contributed by atoms with Crippen LogP contribution in [0.5, 0.6) is 0 Å². The van der Waals surface area contributed by atoms with Gasteiger partial charge in [-0.2, -0.15) is 0 Å². The monoisotopic (exact) mass is 274 g/mol. The van der Waals surface area contributed by atoms with Gasteiger partial charge in [0.05, 0.1) is 12.2 Å². The van der Waals surface area contributed by atoms with Gasteiger partial charge in [0.15, 0.2) is 0 Å². The Balaban J connectivity index is 1.67. The van der Waals surface area contributed by atoms with Crippen LogP contribution in [0.1, 0.15) is 28.9 Å². The summed E-state index contributed by atoms with van der Waals surface area (Å²) < 4.78 is 6.21. The van der Waals surface area contributed by atoms with Gasteiger partial charge >= 0.3 is 0 Å². The van der Waals surface area contributed by atoms with E-state index in [0.717, 1.165) is 17.4 Å². The molecule has 2 nitrogen and oxygen atoms in total. The SMILES string of the molecule is O=CC1=C(c2ccccc2)[C@H]2[C@@H]1[C@H]1O[C@@H]2c2ccccc21. The topological polar surface area (TPSA) is 26.3 Å². The highest BCUT2D eigenvalue weighted by Crippen LogP contribution is 2.68. The largest absolute Gasteiger partial charge is 0.364 e. The molecule has 1 saturated heterocycles. The lowest BCUT2D eigenvalue weighted by Crippen LogP contribution is -2.34. The average molecular weight is 274 g/mol. The van der Waals surface area contributed by atoms with Crippen LogP contribution in [0.25, 0.3) is 5.57 Å². The van der Waals surface area contributed by atoms with Gasteiger partial charge < -0.3 is 4.74 Å². The summed E-state index contributed by atoms with van der Waals surface area (Å²) in [5, 5.41) is 0. The molecule has 2 aliphatic heterocycles. The maximum atomic E-state index is 11.6. The quantitative estimate of drug-likeness (QED) is 0.780. The summed E-state index contributed by atoms with van der Waals surface area (Å²) in [4.78, 5) is 11.6. The Morgan fingerprint density at radius 3 is 2.10 bits per heavy atom. The number of ether oxygens (including phenoxy) is 1. The van der Waals surface area contributed by atoms with E-state index in [0.29, 0.717) is 5.92 Å². The van der Waals surface area contributed by atoms with Crippen molar-refractivity contribution in [1.29, 1.82) is 0 Å². The minimum atomic E-state index is 0.0730. The van der Waals surface area contributed by atoms with Crippen molar-refractivity contribution in [1.82, 2.24) is 0 Å². The van der Waals surface area contributed by atoms with Crippen LogP contribution in [0, 0.1) is 11.8 Å². The first-order valence-corrected chi connectivity index (χ1v) is 7.39. The zero-order valence-corrected chi connectivity index (χ0v) is 11.4. The van der Waals surface area contributed by atoms with E-state index in [4.69, 9.17) is 4.74 Å². The van der Waals surface area contributed by atoms with Gasteiger partial charge in [-0.25, -0.2) is 0 Å². The first kappa shape index (κ1) is 11.5. The number of hydrogen-bond acceptors (Lipinski definition) is 2. The third kappa shape index (κ3) is 1.29. The molecule has 0 aromatic heterocycles. The summed E-state index contributed by atoms with van der Waals surface area (Å²) in [6.45, 7) is 0. The molecule has 0 unspecified atom stereocenters. The van der Waals surface area contributed by atoms with Gasteiger partial charge in [0, 0.05) is 17.4 Å². The van der Waals surface area contributed by atoms with Crippen molar-refractivity contribution in [3.8, 4) is 0 Å². The Labute approximate surface area is 123 Å². The minimum Gasteiger partial charge on any atom is -0.364 e. The number of carbonyl (C=O) groups is 1. The molecule has 0 spiro atoms. The van der Waals surface area contributed by atoms with E-state index < -0.39 is 0 Å². The van der Waals surface area contributed by atoms with E-state index in [-0.39, 0.29) is 18.1 Å². The second-order valence-corrected chi connectivity index (χ2v) is 6.01. The van der Waals surface area contributed by atoms with Gasteiger partial charge in [-0.3, -0.25) is 4.79 Å². The summed E-state index contributed by atoms with van der Waals surface area (Å²) in [7, 11) is 0. The molecule has 0 N–H and O–H groups in total. The summed E-state index contributed by atoms with van der Waals surface area (Å²) >= 11 is 0. The van der Waals surface area contributed by atoms with Crippen molar-refractivity contribution in [3.05, 3.63) is 76.9 Å². The van der Waals surface area contributed by atoms with Gasteiger partial charge in [-0.05, 0) is 22.3 Å². The lowest BCUT2D eigenvalue weighted by Gasteiger charge is -2.41. The molecule has 1 aliphatic carbocycles. The van der Waals surface area contributed by atoms with Crippen LogP contribution < -0.4 is 0 Å². The molecular formula is C19H14O2. The summed E-state index contributed by atoms with van der Waals surface area (Å²) in [6.07, 6.45) is 1.23. The number of fused-ring (bicyclic) bond motifs is 8. The molecule has 4 atom stereocenters. The lowest BCUT2D eigenvalue weighted by molar-refractivity contribution is -0.105. The summed E-state index contributed by atoms with van der Waals surface area (Å²) in [6, 6.07) is 18.7. The molecule has 2 aromatic rings. The van der Waals surface area contributed by atoms with E-state index in [1.54, 1.807) is 0 Å². The number of hydrogen-bond donors (Lipinski definition) is 0. The van der Waals surface area contributed by atoms with Gasteiger partial charge in [0.25, 0.3) is 0 Å². The van der Waals surface area contributed by atoms with E-state index in [2.05, 4.69) is 36.4 Å². The maximum absolute atomic E-state index is 11.6. The summed E-state index contributed by atoms with van der Waals surface area (Å²) in [5.41, 5.74) is 5.87. The lowest BCUT2D eigenvalue weighted by atomic mass is 9.59. The van der Waals surface area contributed by atoms with Crippen molar-refractivity contribution in [2.75, 3.05) is 0 Å². The third-order valence-electron chi connectivity index (χ3n) is 5.16. The highest BCUT2D eigenvalue weighted by Gasteiger charge is 2.60. The maximum Gasteiger partial charge on any atom is 0.146 e. The molecule has 0 saturated carbocycles. The highest BCUT2D eigenvalue weighted by molar-refractivity contribution is 5.96. The Hall–Kier alpha value is -2.19. The zero-order chi connectivity index (χ0) is 14.0. The predicted octanol–water partition coefficient (Wildman–Crippen LogP) is 3.71. The smallest absolute Gasteiger partial charge is 0.146 e. The first-order valence-electron chi connectivity index (χ1n) is 7.39. The molecule has 2 heteroatoms. The molecular weight excluding hydrogens is 260 g/mol. The Kier molecular flexibility index (Phi) is 2.14. The molecule has 5 rings (SSSR count). The average Bonchev–Trinajstić information content (AvgIpc) is 3.02. The Bertz CT molecular complexity index is 775. The fourth-order valence-electron chi connectivity index (χ4n) is 4.35. The second-order valence-electron chi connectivity index (χ2n) is 6.01. The molecule has 1 fully saturated rings. The van der Waals surface area contributed by atoms with Gasteiger partial charge in [-0.1, -0.05) is 54.6 Å². The Morgan fingerprint density at radius 1 is 0.810 bits per heavy atom. The third-order valence-corrected chi connectivity index (χ3v) is 5.16.